The van der Waals surface area contributed by atoms with Crippen molar-refractivity contribution >= 4 is 12.1 Å². The molecule has 1 aromatic carbocycles. The van der Waals surface area contributed by atoms with E-state index in [1.54, 1.807) is 30.6 Å². The van der Waals surface area contributed by atoms with Gasteiger partial charge in [0.1, 0.15) is 5.75 Å². The van der Waals surface area contributed by atoms with Crippen LogP contribution < -0.4 is 10.2 Å². The highest BCUT2D eigenvalue weighted by Gasteiger charge is 2.10. The molecule has 0 saturated carbocycles. The van der Waals surface area contributed by atoms with Gasteiger partial charge in [-0.3, -0.25) is 4.79 Å². The number of aromatic nitrogens is 1. The van der Waals surface area contributed by atoms with Crippen LogP contribution in [0, 0.1) is 0 Å². The smallest absolute Gasteiger partial charge is 0.275 e. The fourth-order valence-electron chi connectivity index (χ4n) is 1.64. The summed E-state index contributed by atoms with van der Waals surface area (Å²) in [6, 6.07) is 10.8. The first kappa shape index (κ1) is 13.9. The fourth-order valence-corrected chi connectivity index (χ4v) is 1.64. The number of rotatable bonds is 6. The molecule has 0 radical (unpaired) electrons. The van der Waals surface area contributed by atoms with Crippen LogP contribution in [0.15, 0.2) is 47.7 Å². The second-order valence-electron chi connectivity index (χ2n) is 4.17. The quantitative estimate of drug-likeness (QED) is 0.626. The summed E-state index contributed by atoms with van der Waals surface area (Å²) in [4.78, 5) is 15.0. The molecular formula is C15H17N3O2. The van der Waals surface area contributed by atoms with E-state index in [4.69, 9.17) is 4.74 Å². The highest BCUT2D eigenvalue weighted by molar-refractivity contribution is 5.97. The van der Waals surface area contributed by atoms with Crippen molar-refractivity contribution in [3.8, 4) is 5.75 Å². The van der Waals surface area contributed by atoms with Crippen molar-refractivity contribution in [2.24, 2.45) is 5.10 Å². The molecule has 0 unspecified atom stereocenters. The van der Waals surface area contributed by atoms with Crippen LogP contribution in [0.2, 0.25) is 0 Å². The molecule has 0 saturated heterocycles. The van der Waals surface area contributed by atoms with Crippen molar-refractivity contribution in [2.75, 3.05) is 6.61 Å². The first-order valence-electron chi connectivity index (χ1n) is 6.50. The Hall–Kier alpha value is -2.56. The molecule has 0 aliphatic heterocycles. The van der Waals surface area contributed by atoms with E-state index in [0.717, 1.165) is 12.1 Å². The largest absolute Gasteiger partial charge is 0.493 e. The third-order valence-corrected chi connectivity index (χ3v) is 2.59. The van der Waals surface area contributed by atoms with Crippen LogP contribution in [-0.2, 0) is 0 Å². The van der Waals surface area contributed by atoms with Crippen LogP contribution in [0.5, 0.6) is 5.75 Å². The topological polar surface area (TPSA) is 66.5 Å². The van der Waals surface area contributed by atoms with Gasteiger partial charge in [0.25, 0.3) is 5.91 Å². The summed E-state index contributed by atoms with van der Waals surface area (Å²) >= 11 is 0. The van der Waals surface area contributed by atoms with Crippen molar-refractivity contribution in [3.63, 3.8) is 0 Å². The van der Waals surface area contributed by atoms with E-state index >= 15 is 0 Å². The zero-order chi connectivity index (χ0) is 14.2. The third-order valence-electron chi connectivity index (χ3n) is 2.59. The molecule has 1 heterocycles. The summed E-state index contributed by atoms with van der Waals surface area (Å²) in [7, 11) is 0. The average molecular weight is 271 g/mol. The molecule has 0 spiro atoms. The van der Waals surface area contributed by atoms with Crippen LogP contribution in [-0.4, -0.2) is 23.7 Å². The fraction of sp³-hybridized carbons (Fsp3) is 0.200. The van der Waals surface area contributed by atoms with Gasteiger partial charge in [0.15, 0.2) is 0 Å². The molecule has 5 nitrogen and oxygen atoms in total. The van der Waals surface area contributed by atoms with Crippen LogP contribution >= 0.6 is 0 Å². The summed E-state index contributed by atoms with van der Waals surface area (Å²) < 4.78 is 5.54. The van der Waals surface area contributed by atoms with E-state index in [0.29, 0.717) is 17.9 Å². The Kier molecular flexibility index (Phi) is 4.94. The van der Waals surface area contributed by atoms with Crippen molar-refractivity contribution in [2.45, 2.75) is 13.3 Å². The predicted molar refractivity (Wildman–Crippen MR) is 78.1 cm³/mol. The minimum atomic E-state index is -0.292. The predicted octanol–water partition coefficient (Wildman–Crippen LogP) is 2.57. The molecule has 2 N–H and O–H groups in total. The van der Waals surface area contributed by atoms with Gasteiger partial charge in [-0.2, -0.15) is 5.10 Å². The molecule has 104 valence electrons. The Morgan fingerprint density at radius 1 is 1.35 bits per heavy atom. The lowest BCUT2D eigenvalue weighted by molar-refractivity contribution is 0.0951. The van der Waals surface area contributed by atoms with Gasteiger partial charge in [-0.1, -0.05) is 19.1 Å². The first-order valence-corrected chi connectivity index (χ1v) is 6.50. The Bertz CT molecular complexity index is 577. The van der Waals surface area contributed by atoms with Gasteiger partial charge < -0.3 is 9.72 Å². The second kappa shape index (κ2) is 7.13. The summed E-state index contributed by atoms with van der Waals surface area (Å²) in [6.07, 6.45) is 4.23. The maximum absolute atomic E-state index is 12.0. The number of hydrogen-bond donors (Lipinski definition) is 2. The summed E-state index contributed by atoms with van der Waals surface area (Å²) in [5.41, 5.74) is 3.78. The van der Waals surface area contributed by atoms with Crippen LogP contribution in [0.4, 0.5) is 0 Å². The molecule has 20 heavy (non-hydrogen) atoms. The lowest BCUT2D eigenvalue weighted by Gasteiger charge is -2.09. The minimum absolute atomic E-state index is 0.292. The zero-order valence-corrected chi connectivity index (χ0v) is 11.3. The third kappa shape index (κ3) is 3.71. The lowest BCUT2D eigenvalue weighted by Crippen LogP contribution is -2.18. The number of nitrogens with one attached hydrogen (secondary N) is 2. The van der Waals surface area contributed by atoms with Crippen molar-refractivity contribution in [1.82, 2.24) is 10.4 Å². The normalized spacial score (nSPS) is 10.7. The number of ether oxygens (including phenoxy) is 1. The molecule has 0 fully saturated rings. The van der Waals surface area contributed by atoms with E-state index in [2.05, 4.69) is 15.5 Å². The summed E-state index contributed by atoms with van der Waals surface area (Å²) in [6.45, 7) is 2.60. The molecule has 5 heteroatoms. The second-order valence-corrected chi connectivity index (χ2v) is 4.17. The molecule has 0 bridgehead atoms. The summed E-state index contributed by atoms with van der Waals surface area (Å²) in [5, 5.41) is 3.90. The molecule has 2 rings (SSSR count). The van der Waals surface area contributed by atoms with Crippen molar-refractivity contribution in [1.29, 1.82) is 0 Å². The van der Waals surface area contributed by atoms with Gasteiger partial charge in [-0.15, -0.1) is 0 Å². The van der Waals surface area contributed by atoms with Gasteiger partial charge in [0, 0.05) is 6.20 Å². The number of amides is 1. The number of carbonyl (C=O) groups excluding carboxylic acids is 1. The zero-order valence-electron chi connectivity index (χ0n) is 11.3. The maximum atomic E-state index is 12.0. The Balaban J connectivity index is 2.01. The van der Waals surface area contributed by atoms with Crippen molar-refractivity contribution < 1.29 is 9.53 Å². The molecular weight excluding hydrogens is 254 g/mol. The number of hydrazone groups is 1. The number of benzene rings is 1. The number of para-hydroxylation sites is 1. The lowest BCUT2D eigenvalue weighted by atomic mass is 10.2. The maximum Gasteiger partial charge on any atom is 0.275 e. The van der Waals surface area contributed by atoms with Gasteiger partial charge in [-0.25, -0.2) is 5.43 Å². The molecule has 2 aromatic rings. The molecule has 0 aliphatic carbocycles. The number of hydrogen-bond acceptors (Lipinski definition) is 3. The first-order chi connectivity index (χ1) is 9.81. The standard InChI is InChI=1S/C15H17N3O2/c1-2-10-20-14-8-4-3-7-13(14)15(19)18-17-11-12-6-5-9-16-12/h3-9,11,16H,2,10H2,1H3,(H,18,19). The van der Waals surface area contributed by atoms with E-state index in [9.17, 15) is 4.79 Å². The van der Waals surface area contributed by atoms with E-state index in [1.165, 1.54) is 0 Å². The van der Waals surface area contributed by atoms with E-state index in [1.807, 2.05) is 25.1 Å². The molecule has 0 atom stereocenters. The SMILES string of the molecule is CCCOc1ccccc1C(=O)NN=Cc1ccc[nH]1. The minimum Gasteiger partial charge on any atom is -0.493 e. The number of nitrogens with zero attached hydrogens (tertiary/aromatic N) is 1. The monoisotopic (exact) mass is 271 g/mol. The molecule has 1 amide bonds. The summed E-state index contributed by atoms with van der Waals surface area (Å²) in [5.74, 6) is 0.279. The van der Waals surface area contributed by atoms with Gasteiger partial charge in [0.2, 0.25) is 0 Å². The number of aromatic amines is 1. The Morgan fingerprint density at radius 2 is 2.20 bits per heavy atom. The van der Waals surface area contributed by atoms with E-state index < -0.39 is 0 Å². The van der Waals surface area contributed by atoms with Gasteiger partial charge in [-0.05, 0) is 30.7 Å². The van der Waals surface area contributed by atoms with Crippen molar-refractivity contribution in [3.05, 3.63) is 53.9 Å². The van der Waals surface area contributed by atoms with Crippen LogP contribution in [0.3, 0.4) is 0 Å². The Morgan fingerprint density at radius 3 is 2.95 bits per heavy atom. The van der Waals surface area contributed by atoms with Gasteiger partial charge >= 0.3 is 0 Å². The van der Waals surface area contributed by atoms with Crippen LogP contribution in [0.25, 0.3) is 0 Å². The van der Waals surface area contributed by atoms with E-state index in [-0.39, 0.29) is 5.91 Å². The molecule has 1 aromatic heterocycles. The average Bonchev–Trinajstić information content (AvgIpc) is 2.98. The van der Waals surface area contributed by atoms with Gasteiger partial charge in [0.05, 0.1) is 24.1 Å². The van der Waals surface area contributed by atoms with Crippen LogP contribution in [0.1, 0.15) is 29.4 Å². The number of carbonyl (C=O) groups is 1. The highest BCUT2D eigenvalue weighted by atomic mass is 16.5. The molecule has 0 aliphatic rings. The number of H-pyrrole nitrogens is 1. The Labute approximate surface area is 117 Å². The highest BCUT2D eigenvalue weighted by Crippen LogP contribution is 2.17.